The molecule has 4 heterocycles. The molecule has 2 amide bonds. The molecule has 276 valence electrons. The molecule has 2 aliphatic rings. The summed E-state index contributed by atoms with van der Waals surface area (Å²) >= 11 is 0. The number of aryl methyl sites for hydroxylation is 6. The topological polar surface area (TPSA) is 158 Å². The van der Waals surface area contributed by atoms with Crippen molar-refractivity contribution in [3.05, 3.63) is 105 Å². The van der Waals surface area contributed by atoms with Gasteiger partial charge in [0.1, 0.15) is 13.2 Å². The fraction of sp³-hybridized carbons (Fsp3) is 0.421. The Kier molecular flexibility index (Phi) is 12.3. The van der Waals surface area contributed by atoms with Gasteiger partial charge in [0, 0.05) is 26.2 Å². The lowest BCUT2D eigenvalue weighted by atomic mass is 10.1. The predicted molar refractivity (Wildman–Crippen MR) is 190 cm³/mol. The van der Waals surface area contributed by atoms with Crippen LogP contribution in [0.5, 0.6) is 0 Å². The Bertz CT molecular complexity index is 1890. The van der Waals surface area contributed by atoms with E-state index in [9.17, 15) is 19.2 Å². The van der Waals surface area contributed by atoms with E-state index in [4.69, 9.17) is 19.3 Å². The first-order chi connectivity index (χ1) is 24.9. The number of fused-ring (bicyclic) bond motifs is 2. The van der Waals surface area contributed by atoms with Crippen LogP contribution in [-0.4, -0.2) is 78.3 Å². The van der Waals surface area contributed by atoms with E-state index >= 15 is 0 Å². The summed E-state index contributed by atoms with van der Waals surface area (Å²) in [5.74, 6) is -1.51. The van der Waals surface area contributed by atoms with Crippen LogP contribution < -0.4 is 0 Å². The second kappa shape index (κ2) is 17.0. The predicted octanol–water partition coefficient (Wildman–Crippen LogP) is 5.96. The molecule has 6 rings (SSSR count). The van der Waals surface area contributed by atoms with Crippen LogP contribution in [0.1, 0.15) is 85.5 Å². The highest BCUT2D eigenvalue weighted by Crippen LogP contribution is 2.18. The van der Waals surface area contributed by atoms with Gasteiger partial charge < -0.3 is 29.1 Å². The molecule has 0 unspecified atom stereocenters. The van der Waals surface area contributed by atoms with E-state index in [1.54, 1.807) is 32.2 Å². The molecule has 0 spiro atoms. The summed E-state index contributed by atoms with van der Waals surface area (Å²) in [6.07, 6.45) is 0.689. The van der Waals surface area contributed by atoms with Crippen molar-refractivity contribution in [2.45, 2.75) is 86.9 Å². The molecule has 2 aromatic carbocycles. The van der Waals surface area contributed by atoms with Crippen LogP contribution in [0.4, 0.5) is 9.59 Å². The molecule has 14 nitrogen and oxygen atoms in total. The minimum Gasteiger partial charge on any atom is -0.476 e. The summed E-state index contributed by atoms with van der Waals surface area (Å²) in [7, 11) is 0. The summed E-state index contributed by atoms with van der Waals surface area (Å²) < 4.78 is 19.4. The third-order valence-electron chi connectivity index (χ3n) is 8.54. The molecule has 0 aliphatic carbocycles. The number of carbonyl (C=O) groups is 4. The monoisotopic (exact) mass is 714 g/mol. The van der Waals surface area contributed by atoms with Gasteiger partial charge in [0.2, 0.25) is 0 Å². The molecule has 2 aromatic heterocycles. The minimum absolute atomic E-state index is 0.000420. The second-order valence-corrected chi connectivity index (χ2v) is 13.2. The van der Waals surface area contributed by atoms with Gasteiger partial charge in [0.25, 0.3) is 0 Å². The van der Waals surface area contributed by atoms with E-state index in [-0.39, 0.29) is 30.7 Å². The Labute approximate surface area is 302 Å². The van der Waals surface area contributed by atoms with Gasteiger partial charge in [-0.1, -0.05) is 58.7 Å². The Morgan fingerprint density at radius 3 is 1.46 bits per heavy atom. The summed E-state index contributed by atoms with van der Waals surface area (Å²) in [6.45, 7) is 13.6. The molecule has 0 saturated heterocycles. The third-order valence-corrected chi connectivity index (χ3v) is 8.54. The van der Waals surface area contributed by atoms with Crippen LogP contribution in [0.15, 0.2) is 48.5 Å². The number of carboxylic acids is 1. The van der Waals surface area contributed by atoms with Crippen LogP contribution in [-0.2, 0) is 53.6 Å². The van der Waals surface area contributed by atoms with Gasteiger partial charge >= 0.3 is 24.1 Å². The zero-order valence-electron chi connectivity index (χ0n) is 30.4. The number of hydrogen-bond donors (Lipinski definition) is 1. The van der Waals surface area contributed by atoms with E-state index in [0.717, 1.165) is 45.5 Å². The maximum Gasteiger partial charge on any atom is 0.410 e. The number of amides is 2. The molecule has 4 aromatic rings. The smallest absolute Gasteiger partial charge is 0.410 e. The Hall–Kier alpha value is -5.66. The van der Waals surface area contributed by atoms with Crippen molar-refractivity contribution >= 4 is 24.1 Å². The number of esters is 1. The fourth-order valence-corrected chi connectivity index (χ4v) is 6.42. The van der Waals surface area contributed by atoms with Crippen molar-refractivity contribution in [3.8, 4) is 0 Å². The van der Waals surface area contributed by atoms with E-state index in [1.807, 2.05) is 52.0 Å². The molecule has 14 heteroatoms. The molecule has 2 aliphatic heterocycles. The van der Waals surface area contributed by atoms with Crippen LogP contribution in [0.3, 0.4) is 0 Å². The maximum atomic E-state index is 12.5. The molecular weight excluding hydrogens is 668 g/mol. The third kappa shape index (κ3) is 9.98. The van der Waals surface area contributed by atoms with Crippen molar-refractivity contribution in [3.63, 3.8) is 0 Å². The van der Waals surface area contributed by atoms with Crippen molar-refractivity contribution in [1.29, 1.82) is 0 Å². The standard InChI is InChI=1S/C20H25N3O4.C18H21N3O4/c1-4-26-19(24)18-11-17-12-22(6-5-7-23(17)21-18)20(25)27-13-16-9-14(2)8-15(3)10-16;1-12-6-13(2)8-14(7-12)11-25-18(24)20-4-3-5-21-15(10-20)9-16(19-21)17(22)23/h8-11H,4-7,12-13H2,1-3H3;6-9H,3-5,10-11H2,1-2H3,(H,22,23). The molecule has 0 saturated carbocycles. The van der Waals surface area contributed by atoms with Gasteiger partial charge in [0.15, 0.2) is 11.4 Å². The fourth-order valence-electron chi connectivity index (χ4n) is 6.42. The van der Waals surface area contributed by atoms with E-state index < -0.39 is 18.0 Å². The quantitative estimate of drug-likeness (QED) is 0.179. The molecule has 1 N–H and O–H groups in total. The first-order valence-corrected chi connectivity index (χ1v) is 17.4. The van der Waals surface area contributed by atoms with Crippen LogP contribution in [0.2, 0.25) is 0 Å². The number of carboxylic acid groups (broad SMARTS) is 1. The lowest BCUT2D eigenvalue weighted by molar-refractivity contribution is 0.0517. The zero-order chi connectivity index (χ0) is 37.4. The first kappa shape index (κ1) is 37.6. The zero-order valence-corrected chi connectivity index (χ0v) is 30.4. The summed E-state index contributed by atoms with van der Waals surface area (Å²) in [5.41, 5.74) is 8.27. The van der Waals surface area contributed by atoms with E-state index in [1.165, 1.54) is 6.07 Å². The van der Waals surface area contributed by atoms with Crippen LogP contribution in [0.25, 0.3) is 0 Å². The number of carbonyl (C=O) groups excluding carboxylic acids is 3. The highest BCUT2D eigenvalue weighted by atomic mass is 16.6. The van der Waals surface area contributed by atoms with Gasteiger partial charge in [-0.05, 0) is 70.7 Å². The molecule has 0 atom stereocenters. The maximum absolute atomic E-state index is 12.5. The number of rotatable bonds is 7. The highest BCUT2D eigenvalue weighted by molar-refractivity contribution is 5.87. The summed E-state index contributed by atoms with van der Waals surface area (Å²) in [5, 5.41) is 17.4. The average Bonchev–Trinajstić information content (AvgIpc) is 3.55. The Morgan fingerprint density at radius 2 is 1.04 bits per heavy atom. The number of benzene rings is 2. The molecule has 52 heavy (non-hydrogen) atoms. The van der Waals surface area contributed by atoms with Crippen molar-refractivity contribution in [2.24, 2.45) is 0 Å². The van der Waals surface area contributed by atoms with Gasteiger partial charge in [-0.2, -0.15) is 10.2 Å². The van der Waals surface area contributed by atoms with Crippen LogP contribution >= 0.6 is 0 Å². The first-order valence-electron chi connectivity index (χ1n) is 17.4. The summed E-state index contributed by atoms with van der Waals surface area (Å²) in [6, 6.07) is 15.4. The molecule has 0 fully saturated rings. The number of ether oxygens (including phenoxy) is 3. The van der Waals surface area contributed by atoms with E-state index in [0.29, 0.717) is 58.0 Å². The second-order valence-electron chi connectivity index (χ2n) is 13.2. The normalized spacial score (nSPS) is 13.8. The van der Waals surface area contributed by atoms with Crippen molar-refractivity contribution in [1.82, 2.24) is 29.4 Å². The molecular formula is C38H46N6O8. The van der Waals surface area contributed by atoms with Gasteiger partial charge in [-0.25, -0.2) is 19.2 Å². The highest BCUT2D eigenvalue weighted by Gasteiger charge is 2.25. The van der Waals surface area contributed by atoms with E-state index in [2.05, 4.69) is 22.3 Å². The average molecular weight is 715 g/mol. The van der Waals surface area contributed by atoms with Crippen molar-refractivity contribution in [2.75, 3.05) is 19.7 Å². The number of hydrogen-bond acceptors (Lipinski definition) is 9. The number of nitrogens with zero attached hydrogens (tertiary/aromatic N) is 6. The minimum atomic E-state index is -1.07. The lowest BCUT2D eigenvalue weighted by Crippen LogP contribution is -2.31. The largest absolute Gasteiger partial charge is 0.476 e. The number of aromatic carboxylic acids is 1. The lowest BCUT2D eigenvalue weighted by Gasteiger charge is -2.19. The van der Waals surface area contributed by atoms with Gasteiger partial charge in [-0.3, -0.25) is 9.36 Å². The Balaban J connectivity index is 0.000000202. The van der Waals surface area contributed by atoms with Gasteiger partial charge in [-0.15, -0.1) is 0 Å². The summed E-state index contributed by atoms with van der Waals surface area (Å²) in [4.78, 5) is 51.1. The molecule has 0 bridgehead atoms. The SMILES string of the molecule is CCOC(=O)c1cc2n(n1)CCCN(C(=O)OCc1cc(C)cc(C)c1)C2.Cc1cc(C)cc(COC(=O)N2CCCn3nc(C(=O)O)cc3C2)c1. The van der Waals surface area contributed by atoms with Crippen molar-refractivity contribution < 1.29 is 38.5 Å². The number of aromatic nitrogens is 4. The van der Waals surface area contributed by atoms with Gasteiger partial charge in [0.05, 0.1) is 31.1 Å². The van der Waals surface area contributed by atoms with Crippen LogP contribution in [0, 0.1) is 27.7 Å². The molecule has 0 radical (unpaired) electrons. The Morgan fingerprint density at radius 1 is 0.615 bits per heavy atom.